The summed E-state index contributed by atoms with van der Waals surface area (Å²) in [4.78, 5) is 0. The van der Waals surface area contributed by atoms with Gasteiger partial charge >= 0.3 is 6.18 Å². The first-order chi connectivity index (χ1) is 10.4. The number of ether oxygens (including phenoxy) is 1. The quantitative estimate of drug-likeness (QED) is 0.673. The molecule has 0 saturated heterocycles. The van der Waals surface area contributed by atoms with Gasteiger partial charge in [0.2, 0.25) is 4.77 Å². The predicted molar refractivity (Wildman–Crippen MR) is 77.6 cm³/mol. The fourth-order valence-electron chi connectivity index (χ4n) is 1.61. The molecule has 1 aromatic heterocycles. The van der Waals surface area contributed by atoms with Gasteiger partial charge in [-0.2, -0.15) is 22.9 Å². The number of aromatic amines is 1. The SMILES string of the molecule is CCCOc1cccc(/C=N\n2c(C(F)(F)F)n[nH]c2=S)c1. The van der Waals surface area contributed by atoms with Crippen molar-refractivity contribution in [3.63, 3.8) is 0 Å². The van der Waals surface area contributed by atoms with Gasteiger partial charge in [0, 0.05) is 0 Å². The van der Waals surface area contributed by atoms with E-state index in [9.17, 15) is 13.2 Å². The highest BCUT2D eigenvalue weighted by Gasteiger charge is 2.37. The van der Waals surface area contributed by atoms with Crippen LogP contribution in [0.4, 0.5) is 13.2 Å². The fourth-order valence-corrected chi connectivity index (χ4v) is 1.79. The lowest BCUT2D eigenvalue weighted by atomic mass is 10.2. The molecule has 9 heteroatoms. The maximum absolute atomic E-state index is 12.7. The van der Waals surface area contributed by atoms with E-state index in [0.717, 1.165) is 6.42 Å². The standard InChI is InChI=1S/C13H13F3N4OS/c1-2-6-21-10-5-3-4-9(7-10)8-17-20-11(13(14,15)16)18-19-12(20)22/h3-5,7-8H,2,6H2,1H3,(H,19,22)/b17-8-. The number of benzene rings is 1. The van der Waals surface area contributed by atoms with Crippen molar-refractivity contribution in [3.8, 4) is 5.75 Å². The molecule has 118 valence electrons. The minimum Gasteiger partial charge on any atom is -0.494 e. The van der Waals surface area contributed by atoms with Gasteiger partial charge in [0.25, 0.3) is 5.82 Å². The normalized spacial score (nSPS) is 12.0. The molecule has 0 aliphatic carbocycles. The third-order valence-corrected chi connectivity index (χ3v) is 2.82. The molecule has 0 fully saturated rings. The number of nitrogens with one attached hydrogen (secondary N) is 1. The topological polar surface area (TPSA) is 55.2 Å². The van der Waals surface area contributed by atoms with Crippen LogP contribution in [-0.4, -0.2) is 27.7 Å². The van der Waals surface area contributed by atoms with Crippen molar-refractivity contribution in [2.75, 3.05) is 6.61 Å². The third kappa shape index (κ3) is 3.94. The molecular formula is C13H13F3N4OS. The Morgan fingerprint density at radius 1 is 1.45 bits per heavy atom. The van der Waals surface area contributed by atoms with Crippen LogP contribution < -0.4 is 4.74 Å². The van der Waals surface area contributed by atoms with E-state index >= 15 is 0 Å². The van der Waals surface area contributed by atoms with Crippen LogP contribution in [-0.2, 0) is 6.18 Å². The van der Waals surface area contributed by atoms with Crippen LogP contribution in [0.1, 0.15) is 24.7 Å². The lowest BCUT2D eigenvalue weighted by Crippen LogP contribution is -2.12. The van der Waals surface area contributed by atoms with Crippen LogP contribution in [0, 0.1) is 4.77 Å². The molecule has 0 atom stereocenters. The van der Waals surface area contributed by atoms with E-state index in [1.165, 1.54) is 6.21 Å². The number of halogens is 3. The summed E-state index contributed by atoms with van der Waals surface area (Å²) in [7, 11) is 0. The first-order valence-corrected chi connectivity index (χ1v) is 6.84. The molecule has 0 unspecified atom stereocenters. The molecule has 5 nitrogen and oxygen atoms in total. The smallest absolute Gasteiger partial charge is 0.453 e. The maximum Gasteiger partial charge on any atom is 0.453 e. The van der Waals surface area contributed by atoms with Crippen LogP contribution in [0.3, 0.4) is 0 Å². The molecule has 0 bridgehead atoms. The zero-order valence-electron chi connectivity index (χ0n) is 11.6. The van der Waals surface area contributed by atoms with Gasteiger partial charge in [-0.05, 0) is 36.3 Å². The monoisotopic (exact) mass is 330 g/mol. The number of hydrogen-bond donors (Lipinski definition) is 1. The molecule has 22 heavy (non-hydrogen) atoms. The molecule has 0 spiro atoms. The molecule has 0 saturated carbocycles. The summed E-state index contributed by atoms with van der Waals surface area (Å²) in [6.07, 6.45) is -2.52. The molecule has 1 heterocycles. The number of rotatable bonds is 5. The van der Waals surface area contributed by atoms with Crippen LogP contribution >= 0.6 is 12.2 Å². The zero-order valence-corrected chi connectivity index (χ0v) is 12.4. The molecule has 0 radical (unpaired) electrons. The van der Waals surface area contributed by atoms with Gasteiger partial charge < -0.3 is 4.74 Å². The third-order valence-electron chi connectivity index (χ3n) is 2.56. The maximum atomic E-state index is 12.7. The van der Waals surface area contributed by atoms with E-state index in [1.54, 1.807) is 24.3 Å². The first-order valence-electron chi connectivity index (χ1n) is 6.43. The number of aromatic nitrogens is 3. The minimum absolute atomic E-state index is 0.234. The van der Waals surface area contributed by atoms with E-state index in [0.29, 0.717) is 22.6 Å². The molecule has 0 aliphatic rings. The van der Waals surface area contributed by atoms with E-state index in [4.69, 9.17) is 17.0 Å². The van der Waals surface area contributed by atoms with Crippen molar-refractivity contribution in [2.24, 2.45) is 5.10 Å². The van der Waals surface area contributed by atoms with Crippen molar-refractivity contribution in [1.82, 2.24) is 14.9 Å². The summed E-state index contributed by atoms with van der Waals surface area (Å²) in [5.41, 5.74) is 0.588. The van der Waals surface area contributed by atoms with Gasteiger partial charge in [-0.25, -0.2) is 5.10 Å². The summed E-state index contributed by atoms with van der Waals surface area (Å²) in [5, 5.41) is 8.96. The average molecular weight is 330 g/mol. The Hall–Kier alpha value is -2.16. The van der Waals surface area contributed by atoms with Crippen LogP contribution in [0.5, 0.6) is 5.75 Å². The van der Waals surface area contributed by atoms with Gasteiger partial charge in [0.15, 0.2) is 0 Å². The lowest BCUT2D eigenvalue weighted by Gasteiger charge is -2.05. The van der Waals surface area contributed by atoms with Crippen LogP contribution in [0.15, 0.2) is 29.4 Å². The molecule has 2 aromatic rings. The van der Waals surface area contributed by atoms with Gasteiger partial charge in [0.1, 0.15) is 5.75 Å². The molecule has 0 amide bonds. The van der Waals surface area contributed by atoms with Crippen molar-refractivity contribution in [2.45, 2.75) is 19.5 Å². The molecule has 0 aliphatic heterocycles. The van der Waals surface area contributed by atoms with E-state index < -0.39 is 12.0 Å². The number of nitrogens with zero attached hydrogens (tertiary/aromatic N) is 3. The Kier molecular flexibility index (Phi) is 4.96. The Bertz CT molecular complexity index is 721. The Balaban J connectivity index is 2.26. The summed E-state index contributed by atoms with van der Waals surface area (Å²) >= 11 is 4.75. The van der Waals surface area contributed by atoms with Gasteiger partial charge in [-0.1, -0.05) is 19.1 Å². The van der Waals surface area contributed by atoms with Crippen LogP contribution in [0.2, 0.25) is 0 Å². The van der Waals surface area contributed by atoms with Gasteiger partial charge in [-0.3, -0.25) is 0 Å². The van der Waals surface area contributed by atoms with E-state index in [2.05, 4.69) is 15.3 Å². The highest BCUT2D eigenvalue weighted by molar-refractivity contribution is 7.71. The largest absolute Gasteiger partial charge is 0.494 e. The minimum atomic E-state index is -4.64. The number of H-pyrrole nitrogens is 1. The number of alkyl halides is 3. The second-order valence-electron chi connectivity index (χ2n) is 4.33. The first kappa shape index (κ1) is 16.2. The van der Waals surface area contributed by atoms with E-state index in [1.807, 2.05) is 6.92 Å². The fraction of sp³-hybridized carbons (Fsp3) is 0.308. The highest BCUT2D eigenvalue weighted by atomic mass is 32.1. The summed E-state index contributed by atoms with van der Waals surface area (Å²) in [6.45, 7) is 2.54. The number of hydrogen-bond acceptors (Lipinski definition) is 4. The van der Waals surface area contributed by atoms with Crippen molar-refractivity contribution in [1.29, 1.82) is 0 Å². The summed E-state index contributed by atoms with van der Waals surface area (Å²) in [5.74, 6) is -0.579. The summed E-state index contributed by atoms with van der Waals surface area (Å²) in [6, 6.07) is 6.86. The second-order valence-corrected chi connectivity index (χ2v) is 4.71. The van der Waals surface area contributed by atoms with Crippen LogP contribution in [0.25, 0.3) is 0 Å². The van der Waals surface area contributed by atoms with Gasteiger partial charge in [0.05, 0.1) is 12.8 Å². The molecule has 1 N–H and O–H groups in total. The van der Waals surface area contributed by atoms with Crippen molar-refractivity contribution in [3.05, 3.63) is 40.4 Å². The Labute approximate surface area is 129 Å². The lowest BCUT2D eigenvalue weighted by molar-refractivity contribution is -0.147. The molecular weight excluding hydrogens is 317 g/mol. The second kappa shape index (κ2) is 6.73. The molecule has 1 aromatic carbocycles. The highest BCUT2D eigenvalue weighted by Crippen LogP contribution is 2.27. The zero-order chi connectivity index (χ0) is 16.2. The Morgan fingerprint density at radius 3 is 2.91 bits per heavy atom. The predicted octanol–water partition coefficient (Wildman–Crippen LogP) is 3.63. The van der Waals surface area contributed by atoms with Crippen molar-refractivity contribution < 1.29 is 17.9 Å². The van der Waals surface area contributed by atoms with Crippen molar-refractivity contribution >= 4 is 18.4 Å². The van der Waals surface area contributed by atoms with Gasteiger partial charge in [-0.15, -0.1) is 5.10 Å². The molecule has 2 rings (SSSR count). The summed E-state index contributed by atoms with van der Waals surface area (Å²) < 4.78 is 44.0. The Morgan fingerprint density at radius 2 is 2.23 bits per heavy atom. The van der Waals surface area contributed by atoms with E-state index in [-0.39, 0.29) is 4.77 Å². The average Bonchev–Trinajstić information content (AvgIpc) is 2.84.